The maximum Gasteiger partial charge on any atom is 0.212 e. The molecule has 2 N–H and O–H groups in total. The van der Waals surface area contributed by atoms with Crippen molar-refractivity contribution in [3.05, 3.63) is 46.5 Å². The summed E-state index contributed by atoms with van der Waals surface area (Å²) in [5.74, 6) is 0.203. The van der Waals surface area contributed by atoms with Gasteiger partial charge in [-0.3, -0.25) is 4.79 Å². The summed E-state index contributed by atoms with van der Waals surface area (Å²) in [4.78, 5) is 17.4. The van der Waals surface area contributed by atoms with E-state index in [-0.39, 0.29) is 11.7 Å². The second-order valence-electron chi connectivity index (χ2n) is 4.11. The largest absolute Gasteiger partial charge is 0.375 e. The lowest BCUT2D eigenvalue weighted by molar-refractivity contribution is 0.103. The van der Waals surface area contributed by atoms with Gasteiger partial charge in [0.05, 0.1) is 0 Å². The Kier molecular flexibility index (Phi) is 3.24. The molecule has 0 bridgehead atoms. The van der Waals surface area contributed by atoms with Crippen LogP contribution < -0.4 is 5.73 Å². The smallest absolute Gasteiger partial charge is 0.212 e. The molecule has 17 heavy (non-hydrogen) atoms. The van der Waals surface area contributed by atoms with Crippen molar-refractivity contribution in [1.82, 2.24) is 4.98 Å². The normalized spacial score (nSPS) is 10.8. The van der Waals surface area contributed by atoms with Crippen LogP contribution in [0.2, 0.25) is 0 Å². The summed E-state index contributed by atoms with van der Waals surface area (Å²) >= 11 is 1.39. The molecule has 3 nitrogen and oxygen atoms in total. The molecule has 0 atom stereocenters. The number of carbonyl (C=O) groups is 1. The number of hydrogen-bond donors (Lipinski definition) is 1. The van der Waals surface area contributed by atoms with Crippen LogP contribution in [0, 0.1) is 0 Å². The molecule has 2 aromatic rings. The quantitative estimate of drug-likeness (QED) is 0.847. The number of hydrogen-bond acceptors (Lipinski definition) is 4. The van der Waals surface area contributed by atoms with Gasteiger partial charge in [-0.2, -0.15) is 0 Å². The van der Waals surface area contributed by atoms with Gasteiger partial charge in [-0.05, 0) is 5.92 Å². The minimum Gasteiger partial charge on any atom is -0.375 e. The van der Waals surface area contributed by atoms with Crippen molar-refractivity contribution < 1.29 is 4.79 Å². The molecule has 0 fully saturated rings. The first-order chi connectivity index (χ1) is 8.09. The number of anilines is 1. The first-order valence-electron chi connectivity index (χ1n) is 5.45. The van der Waals surface area contributed by atoms with Crippen LogP contribution in [0.1, 0.15) is 40.7 Å². The monoisotopic (exact) mass is 246 g/mol. The molecule has 0 saturated heterocycles. The topological polar surface area (TPSA) is 56.0 Å². The van der Waals surface area contributed by atoms with E-state index < -0.39 is 0 Å². The molecular weight excluding hydrogens is 232 g/mol. The maximum atomic E-state index is 12.3. The van der Waals surface area contributed by atoms with E-state index in [4.69, 9.17) is 5.73 Å². The molecule has 0 amide bonds. The van der Waals surface area contributed by atoms with Crippen LogP contribution in [0.15, 0.2) is 30.3 Å². The molecule has 1 heterocycles. The van der Waals surface area contributed by atoms with Crippen molar-refractivity contribution >= 4 is 22.3 Å². The molecule has 2 rings (SSSR count). The lowest BCUT2D eigenvalue weighted by Crippen LogP contribution is -2.05. The highest BCUT2D eigenvalue weighted by atomic mass is 32.1. The second kappa shape index (κ2) is 4.67. The van der Waals surface area contributed by atoms with Crippen LogP contribution in [0.25, 0.3) is 0 Å². The lowest BCUT2D eigenvalue weighted by atomic mass is 10.0. The highest BCUT2D eigenvalue weighted by Gasteiger charge is 2.20. The standard InChI is InChI=1S/C13H14N2OS/c1-8(2)12-10(15-13(14)17-12)11(16)9-6-4-3-5-7-9/h3-8H,1-2H3,(H2,14,15). The predicted molar refractivity (Wildman–Crippen MR) is 70.5 cm³/mol. The van der Waals surface area contributed by atoms with Crippen LogP contribution in [0.4, 0.5) is 5.13 Å². The summed E-state index contributed by atoms with van der Waals surface area (Å²) in [5.41, 5.74) is 6.83. The summed E-state index contributed by atoms with van der Waals surface area (Å²) in [5, 5.41) is 0.452. The first-order valence-corrected chi connectivity index (χ1v) is 6.27. The third kappa shape index (κ3) is 2.36. The number of ketones is 1. The lowest BCUT2D eigenvalue weighted by Gasteiger charge is -2.04. The molecular formula is C13H14N2OS. The molecule has 0 radical (unpaired) electrons. The molecule has 0 unspecified atom stereocenters. The Hall–Kier alpha value is -1.68. The molecule has 0 spiro atoms. The fourth-order valence-corrected chi connectivity index (χ4v) is 2.46. The van der Waals surface area contributed by atoms with E-state index in [1.165, 1.54) is 11.3 Å². The zero-order valence-electron chi connectivity index (χ0n) is 9.81. The van der Waals surface area contributed by atoms with Crippen molar-refractivity contribution in [2.75, 3.05) is 5.73 Å². The van der Waals surface area contributed by atoms with Crippen molar-refractivity contribution in [2.24, 2.45) is 0 Å². The Morgan fingerprint density at radius 3 is 2.53 bits per heavy atom. The molecule has 1 aromatic heterocycles. The predicted octanol–water partition coefficient (Wildman–Crippen LogP) is 3.08. The highest BCUT2D eigenvalue weighted by molar-refractivity contribution is 7.15. The van der Waals surface area contributed by atoms with Gasteiger partial charge in [0, 0.05) is 10.4 Å². The average molecular weight is 246 g/mol. The van der Waals surface area contributed by atoms with Gasteiger partial charge < -0.3 is 5.73 Å². The Bertz CT molecular complexity index is 532. The highest BCUT2D eigenvalue weighted by Crippen LogP contribution is 2.29. The number of nitrogens with zero attached hydrogens (tertiary/aromatic N) is 1. The summed E-state index contributed by atoms with van der Waals surface area (Å²) in [6, 6.07) is 9.16. The first kappa shape index (κ1) is 11.8. The second-order valence-corrected chi connectivity index (χ2v) is 5.18. The van der Waals surface area contributed by atoms with E-state index in [9.17, 15) is 4.79 Å². The molecule has 4 heteroatoms. The Balaban J connectivity index is 2.44. The van der Waals surface area contributed by atoms with Gasteiger partial charge in [-0.1, -0.05) is 44.2 Å². The number of nitrogen functional groups attached to an aromatic ring is 1. The van der Waals surface area contributed by atoms with E-state index in [0.29, 0.717) is 16.4 Å². The number of carbonyl (C=O) groups excluding carboxylic acids is 1. The van der Waals surface area contributed by atoms with Crippen molar-refractivity contribution in [1.29, 1.82) is 0 Å². The SMILES string of the molecule is CC(C)c1sc(N)nc1C(=O)c1ccccc1. The van der Waals surface area contributed by atoms with Gasteiger partial charge in [0.2, 0.25) is 5.78 Å². The number of thiazole rings is 1. The van der Waals surface area contributed by atoms with Gasteiger partial charge in [-0.25, -0.2) is 4.98 Å². The third-order valence-corrected chi connectivity index (χ3v) is 3.63. The van der Waals surface area contributed by atoms with Crippen LogP contribution in [-0.2, 0) is 0 Å². The van der Waals surface area contributed by atoms with Crippen LogP contribution in [0.5, 0.6) is 0 Å². The van der Waals surface area contributed by atoms with E-state index >= 15 is 0 Å². The Morgan fingerprint density at radius 1 is 1.29 bits per heavy atom. The average Bonchev–Trinajstić information content (AvgIpc) is 2.72. The summed E-state index contributed by atoms with van der Waals surface area (Å²) < 4.78 is 0. The van der Waals surface area contributed by atoms with Crippen LogP contribution >= 0.6 is 11.3 Å². The van der Waals surface area contributed by atoms with Crippen molar-refractivity contribution in [2.45, 2.75) is 19.8 Å². The fraction of sp³-hybridized carbons (Fsp3) is 0.231. The molecule has 1 aromatic carbocycles. The third-order valence-electron chi connectivity index (χ3n) is 2.45. The van der Waals surface area contributed by atoms with Gasteiger partial charge >= 0.3 is 0 Å². The van der Waals surface area contributed by atoms with Crippen LogP contribution in [0.3, 0.4) is 0 Å². The van der Waals surface area contributed by atoms with Gasteiger partial charge in [-0.15, -0.1) is 11.3 Å². The zero-order chi connectivity index (χ0) is 12.4. The van der Waals surface area contributed by atoms with E-state index in [0.717, 1.165) is 4.88 Å². The Morgan fingerprint density at radius 2 is 1.94 bits per heavy atom. The van der Waals surface area contributed by atoms with Crippen LogP contribution in [-0.4, -0.2) is 10.8 Å². The van der Waals surface area contributed by atoms with Gasteiger partial charge in [0.25, 0.3) is 0 Å². The molecule has 0 aliphatic heterocycles. The van der Waals surface area contributed by atoms with Crippen molar-refractivity contribution in [3.8, 4) is 0 Å². The molecule has 0 aliphatic rings. The molecule has 0 aliphatic carbocycles. The minimum atomic E-state index is -0.0535. The molecule has 88 valence electrons. The van der Waals surface area contributed by atoms with E-state index in [2.05, 4.69) is 4.98 Å². The van der Waals surface area contributed by atoms with Gasteiger partial charge in [0.1, 0.15) is 5.69 Å². The molecule has 0 saturated carbocycles. The van der Waals surface area contributed by atoms with Gasteiger partial charge in [0.15, 0.2) is 5.13 Å². The number of rotatable bonds is 3. The summed E-state index contributed by atoms with van der Waals surface area (Å²) in [6.07, 6.45) is 0. The fourth-order valence-electron chi connectivity index (χ4n) is 1.63. The zero-order valence-corrected chi connectivity index (χ0v) is 10.6. The summed E-state index contributed by atoms with van der Waals surface area (Å²) in [7, 11) is 0. The summed E-state index contributed by atoms with van der Waals surface area (Å²) in [6.45, 7) is 4.07. The Labute approximate surface area is 104 Å². The maximum absolute atomic E-state index is 12.3. The number of nitrogens with two attached hydrogens (primary N) is 1. The number of benzene rings is 1. The van der Waals surface area contributed by atoms with E-state index in [1.54, 1.807) is 12.1 Å². The van der Waals surface area contributed by atoms with E-state index in [1.807, 2.05) is 32.0 Å². The van der Waals surface area contributed by atoms with Crippen molar-refractivity contribution in [3.63, 3.8) is 0 Å². The number of aromatic nitrogens is 1. The minimum absolute atomic E-state index is 0.0535.